The van der Waals surface area contributed by atoms with E-state index in [1.54, 1.807) is 23.7 Å². The lowest BCUT2D eigenvalue weighted by molar-refractivity contribution is 0.110. The van der Waals surface area contributed by atoms with Gasteiger partial charge < -0.3 is 4.42 Å². The number of carbonyl (C=O) groups excluding carboxylic acids is 1. The van der Waals surface area contributed by atoms with E-state index in [-0.39, 0.29) is 0 Å². The van der Waals surface area contributed by atoms with Gasteiger partial charge in [-0.25, -0.2) is 0 Å². The van der Waals surface area contributed by atoms with E-state index in [1.165, 1.54) is 0 Å². The van der Waals surface area contributed by atoms with Gasteiger partial charge >= 0.3 is 0 Å². The van der Waals surface area contributed by atoms with Crippen molar-refractivity contribution in [2.75, 3.05) is 0 Å². The highest BCUT2D eigenvalue weighted by molar-refractivity contribution is 7.13. The molecule has 0 N–H and O–H groups in total. The van der Waals surface area contributed by atoms with Gasteiger partial charge in [-0.2, -0.15) is 0 Å². The third-order valence-corrected chi connectivity index (χ3v) is 2.46. The molecule has 0 unspecified atom stereocenters. The lowest BCUT2D eigenvalue weighted by atomic mass is 10.3. The Kier molecular flexibility index (Phi) is 1.80. The lowest BCUT2D eigenvalue weighted by Gasteiger charge is -1.84. The predicted molar refractivity (Wildman–Crippen MR) is 47.4 cm³/mol. The molecule has 0 aliphatic rings. The van der Waals surface area contributed by atoms with Crippen LogP contribution in [0, 0.1) is 0 Å². The molecule has 0 aliphatic heterocycles. The molecular formula is C9H6O2S. The average molecular weight is 178 g/mol. The van der Waals surface area contributed by atoms with Gasteiger partial charge in [0.15, 0.2) is 12.0 Å². The topological polar surface area (TPSA) is 30.2 Å². The lowest BCUT2D eigenvalue weighted by Crippen LogP contribution is -1.67. The fraction of sp³-hybridized carbons (Fsp3) is 0. The maximum absolute atomic E-state index is 10.3. The second-order valence-electron chi connectivity index (χ2n) is 2.33. The van der Waals surface area contributed by atoms with Gasteiger partial charge in [-0.15, -0.1) is 11.3 Å². The summed E-state index contributed by atoms with van der Waals surface area (Å²) in [5, 5.41) is 1.99. The van der Waals surface area contributed by atoms with Gasteiger partial charge in [0.1, 0.15) is 0 Å². The third kappa shape index (κ3) is 1.19. The van der Waals surface area contributed by atoms with Gasteiger partial charge in [0.25, 0.3) is 0 Å². The summed E-state index contributed by atoms with van der Waals surface area (Å²) in [6.07, 6.45) is 2.30. The van der Waals surface area contributed by atoms with E-state index in [0.717, 1.165) is 10.4 Å². The molecule has 0 fully saturated rings. The minimum atomic E-state index is 0.374. The largest absolute Gasteiger partial charge is 0.461 e. The highest BCUT2D eigenvalue weighted by Crippen LogP contribution is 2.25. The molecule has 2 aromatic rings. The Hall–Kier alpha value is -1.35. The van der Waals surface area contributed by atoms with E-state index >= 15 is 0 Å². The summed E-state index contributed by atoms with van der Waals surface area (Å²) in [6.45, 7) is 0. The van der Waals surface area contributed by atoms with Crippen LogP contribution < -0.4 is 0 Å². The summed E-state index contributed by atoms with van der Waals surface area (Å²) >= 11 is 1.62. The summed E-state index contributed by atoms with van der Waals surface area (Å²) in [6, 6.07) is 5.69. The van der Waals surface area contributed by atoms with Crippen molar-refractivity contribution in [3.8, 4) is 10.4 Å². The van der Waals surface area contributed by atoms with E-state index < -0.39 is 0 Å². The highest BCUT2D eigenvalue weighted by Gasteiger charge is 2.02. The normalized spacial score (nSPS) is 10.0. The zero-order valence-corrected chi connectivity index (χ0v) is 7.01. The van der Waals surface area contributed by atoms with Crippen LogP contribution in [0.4, 0.5) is 0 Å². The van der Waals surface area contributed by atoms with Gasteiger partial charge in [-0.05, 0) is 17.5 Å². The molecule has 0 radical (unpaired) electrons. The van der Waals surface area contributed by atoms with Crippen molar-refractivity contribution in [3.63, 3.8) is 0 Å². The van der Waals surface area contributed by atoms with Gasteiger partial charge in [-0.3, -0.25) is 4.79 Å². The maximum atomic E-state index is 10.3. The van der Waals surface area contributed by atoms with Crippen molar-refractivity contribution < 1.29 is 9.21 Å². The van der Waals surface area contributed by atoms with Crippen LogP contribution in [0.5, 0.6) is 0 Å². The fourth-order valence-electron chi connectivity index (χ4n) is 0.987. The Balaban J connectivity index is 2.41. The van der Waals surface area contributed by atoms with Crippen LogP contribution in [0.3, 0.4) is 0 Å². The maximum Gasteiger partial charge on any atom is 0.185 e. The first-order valence-electron chi connectivity index (χ1n) is 3.48. The van der Waals surface area contributed by atoms with E-state index in [2.05, 4.69) is 0 Å². The average Bonchev–Trinajstić information content (AvgIpc) is 2.75. The Morgan fingerprint density at radius 3 is 3.00 bits per heavy atom. The predicted octanol–water partition coefficient (Wildman–Crippen LogP) is 2.82. The number of thiophene rings is 1. The molecule has 60 valence electrons. The van der Waals surface area contributed by atoms with E-state index in [9.17, 15) is 4.79 Å². The second kappa shape index (κ2) is 2.95. The number of hydrogen-bond donors (Lipinski definition) is 0. The molecule has 0 atom stereocenters. The molecule has 12 heavy (non-hydrogen) atoms. The molecule has 0 spiro atoms. The van der Waals surface area contributed by atoms with Crippen LogP contribution in [0.15, 0.2) is 34.3 Å². The molecule has 3 heteroatoms. The fourth-order valence-corrected chi connectivity index (χ4v) is 1.69. The summed E-state index contributed by atoms with van der Waals surface area (Å²) in [5.74, 6) is 0.374. The minimum absolute atomic E-state index is 0.374. The standard InChI is InChI=1S/C9H6O2S/c10-5-8-4-7(6-11-8)9-2-1-3-12-9/h1-6H. The molecule has 0 bridgehead atoms. The smallest absolute Gasteiger partial charge is 0.185 e. The molecule has 2 nitrogen and oxygen atoms in total. The third-order valence-electron chi connectivity index (χ3n) is 1.54. The van der Waals surface area contributed by atoms with Crippen LogP contribution in [0.1, 0.15) is 10.6 Å². The van der Waals surface area contributed by atoms with E-state index in [4.69, 9.17) is 4.42 Å². The first kappa shape index (κ1) is 7.31. The summed E-state index contributed by atoms with van der Waals surface area (Å²) in [4.78, 5) is 11.4. The highest BCUT2D eigenvalue weighted by atomic mass is 32.1. The minimum Gasteiger partial charge on any atom is -0.461 e. The Bertz CT molecular complexity index is 373. The van der Waals surface area contributed by atoms with Gasteiger partial charge in [-0.1, -0.05) is 6.07 Å². The van der Waals surface area contributed by atoms with Crippen molar-refractivity contribution in [2.45, 2.75) is 0 Å². The summed E-state index contributed by atoms with van der Waals surface area (Å²) in [7, 11) is 0. The molecule has 2 aromatic heterocycles. The Morgan fingerprint density at radius 2 is 2.42 bits per heavy atom. The molecule has 0 saturated carbocycles. The van der Waals surface area contributed by atoms with Crippen molar-refractivity contribution >= 4 is 17.6 Å². The van der Waals surface area contributed by atoms with E-state index in [0.29, 0.717) is 12.0 Å². The number of hydrogen-bond acceptors (Lipinski definition) is 3. The summed E-state index contributed by atoms with van der Waals surface area (Å²) in [5.41, 5.74) is 0.965. The van der Waals surface area contributed by atoms with Crippen molar-refractivity contribution in [1.29, 1.82) is 0 Å². The zero-order valence-electron chi connectivity index (χ0n) is 6.19. The first-order chi connectivity index (χ1) is 5.90. The zero-order chi connectivity index (χ0) is 8.39. The Labute approximate surface area is 73.4 Å². The van der Waals surface area contributed by atoms with Crippen LogP contribution >= 0.6 is 11.3 Å². The molecule has 0 aromatic carbocycles. The molecule has 0 saturated heterocycles. The van der Waals surface area contributed by atoms with Crippen LogP contribution in [0.25, 0.3) is 10.4 Å². The van der Waals surface area contributed by atoms with Crippen LogP contribution in [0.2, 0.25) is 0 Å². The van der Waals surface area contributed by atoms with Crippen LogP contribution in [-0.4, -0.2) is 6.29 Å². The summed E-state index contributed by atoms with van der Waals surface area (Å²) < 4.78 is 4.98. The molecular weight excluding hydrogens is 172 g/mol. The molecule has 0 amide bonds. The Morgan fingerprint density at radius 1 is 1.50 bits per heavy atom. The second-order valence-corrected chi connectivity index (χ2v) is 3.28. The molecule has 2 rings (SSSR count). The number of carbonyl (C=O) groups is 1. The van der Waals surface area contributed by atoms with Crippen LogP contribution in [-0.2, 0) is 0 Å². The molecule has 0 aliphatic carbocycles. The van der Waals surface area contributed by atoms with Crippen molar-refractivity contribution in [1.82, 2.24) is 0 Å². The van der Waals surface area contributed by atoms with Gasteiger partial charge in [0.05, 0.1) is 6.26 Å². The quantitative estimate of drug-likeness (QED) is 0.662. The van der Waals surface area contributed by atoms with Crippen molar-refractivity contribution in [2.24, 2.45) is 0 Å². The van der Waals surface area contributed by atoms with Crippen molar-refractivity contribution in [3.05, 3.63) is 35.6 Å². The SMILES string of the molecule is O=Cc1cc(-c2cccs2)co1. The van der Waals surface area contributed by atoms with Gasteiger partial charge in [0.2, 0.25) is 0 Å². The number of aldehydes is 1. The van der Waals surface area contributed by atoms with Gasteiger partial charge in [0, 0.05) is 10.4 Å². The first-order valence-corrected chi connectivity index (χ1v) is 4.36. The van der Waals surface area contributed by atoms with E-state index in [1.807, 2.05) is 17.5 Å². The monoisotopic (exact) mass is 178 g/mol. The number of furan rings is 1. The number of rotatable bonds is 2. The molecule has 2 heterocycles.